The van der Waals surface area contributed by atoms with Gasteiger partial charge in [-0.05, 0) is 42.3 Å². The molecule has 166 valence electrons. The van der Waals surface area contributed by atoms with Crippen LogP contribution in [0.2, 0.25) is 0 Å². The van der Waals surface area contributed by atoms with Crippen molar-refractivity contribution in [3.63, 3.8) is 0 Å². The van der Waals surface area contributed by atoms with E-state index >= 15 is 0 Å². The molecule has 7 nitrogen and oxygen atoms in total. The van der Waals surface area contributed by atoms with E-state index in [1.54, 1.807) is 7.11 Å². The molecule has 2 aliphatic rings. The molecule has 0 radical (unpaired) electrons. The molecule has 2 N–H and O–H groups in total. The highest BCUT2D eigenvalue weighted by molar-refractivity contribution is 5.76. The van der Waals surface area contributed by atoms with Crippen LogP contribution in [0.4, 0.5) is 5.69 Å². The van der Waals surface area contributed by atoms with Crippen LogP contribution < -0.4 is 19.7 Å². The third kappa shape index (κ3) is 4.62. The van der Waals surface area contributed by atoms with Crippen LogP contribution in [-0.2, 0) is 16.1 Å². The lowest BCUT2D eigenvalue weighted by Gasteiger charge is -2.37. The first kappa shape index (κ1) is 21.5. The van der Waals surface area contributed by atoms with Gasteiger partial charge in [-0.2, -0.15) is 0 Å². The summed E-state index contributed by atoms with van der Waals surface area (Å²) in [4.78, 5) is 14.6. The van der Waals surface area contributed by atoms with Gasteiger partial charge in [-0.3, -0.25) is 4.79 Å². The van der Waals surface area contributed by atoms with E-state index in [0.29, 0.717) is 13.0 Å². The van der Waals surface area contributed by atoms with Crippen LogP contribution >= 0.6 is 0 Å². The molecule has 0 saturated carbocycles. The van der Waals surface area contributed by atoms with Crippen molar-refractivity contribution < 1.29 is 24.1 Å². The fourth-order valence-electron chi connectivity index (χ4n) is 4.38. The molecular formula is C24H30N2O5. The number of fused-ring (bicyclic) bond motifs is 3. The van der Waals surface area contributed by atoms with Gasteiger partial charge in [-0.25, -0.2) is 0 Å². The van der Waals surface area contributed by atoms with E-state index < -0.39 is 6.10 Å². The molecule has 4 atom stereocenters. The van der Waals surface area contributed by atoms with Crippen LogP contribution in [0.15, 0.2) is 42.5 Å². The van der Waals surface area contributed by atoms with Crippen LogP contribution in [0.5, 0.6) is 11.5 Å². The number of carbonyl (C=O) groups is 1. The van der Waals surface area contributed by atoms with E-state index in [1.165, 1.54) is 0 Å². The van der Waals surface area contributed by atoms with Crippen molar-refractivity contribution in [3.8, 4) is 11.5 Å². The molecule has 0 aliphatic carbocycles. The number of carbonyl (C=O) groups excluding carboxylic acids is 1. The number of nitrogens with one attached hydrogen (secondary N) is 1. The lowest BCUT2D eigenvalue weighted by Crippen LogP contribution is -2.47. The highest BCUT2D eigenvalue weighted by atomic mass is 16.6. The summed E-state index contributed by atoms with van der Waals surface area (Å²) in [5.74, 6) is 1.65. The van der Waals surface area contributed by atoms with Crippen LogP contribution in [0.1, 0.15) is 29.9 Å². The second-order valence-corrected chi connectivity index (χ2v) is 8.35. The molecule has 0 aromatic heterocycles. The maximum Gasteiger partial charge on any atom is 0.222 e. The summed E-state index contributed by atoms with van der Waals surface area (Å²) >= 11 is 0. The van der Waals surface area contributed by atoms with Gasteiger partial charge in [0.2, 0.25) is 5.91 Å². The molecule has 2 aromatic rings. The Morgan fingerprint density at radius 3 is 2.68 bits per heavy atom. The average Bonchev–Trinajstić information content (AvgIpc) is 3.15. The number of hydrogen-bond donors (Lipinski definition) is 2. The maximum atomic E-state index is 12.6. The molecule has 0 unspecified atom stereocenters. The number of anilines is 1. The largest absolute Gasteiger partial charge is 0.497 e. The summed E-state index contributed by atoms with van der Waals surface area (Å²) < 4.78 is 17.3. The topological polar surface area (TPSA) is 80.3 Å². The Hall–Kier alpha value is -2.77. The molecule has 4 rings (SSSR count). The summed E-state index contributed by atoms with van der Waals surface area (Å²) in [5, 5.41) is 12.8. The molecule has 7 heteroatoms. The summed E-state index contributed by atoms with van der Waals surface area (Å²) in [7, 11) is 5.64. The van der Waals surface area contributed by atoms with Crippen molar-refractivity contribution in [1.82, 2.24) is 5.32 Å². The Morgan fingerprint density at radius 2 is 2.00 bits per heavy atom. The second kappa shape index (κ2) is 9.16. The number of methoxy groups -OCH3 is 1. The van der Waals surface area contributed by atoms with E-state index in [-0.39, 0.29) is 37.1 Å². The van der Waals surface area contributed by atoms with Gasteiger partial charge in [0.1, 0.15) is 23.7 Å². The quantitative estimate of drug-likeness (QED) is 0.708. The summed E-state index contributed by atoms with van der Waals surface area (Å²) in [5.41, 5.74) is 3.23. The van der Waals surface area contributed by atoms with Gasteiger partial charge in [0.05, 0.1) is 26.2 Å². The molecule has 1 fully saturated rings. The van der Waals surface area contributed by atoms with Crippen LogP contribution in [0.25, 0.3) is 0 Å². The SMILES string of the molecule is COc1ccc(CNC(=O)C[C@@H]2C[C@H]3c4cc(N(C)C)ccc4O[C@H]3[C@@H](CO)O2)cc1. The maximum absolute atomic E-state index is 12.6. The third-order valence-electron chi connectivity index (χ3n) is 6.06. The Morgan fingerprint density at radius 1 is 1.23 bits per heavy atom. The fourth-order valence-corrected chi connectivity index (χ4v) is 4.38. The number of hydrogen-bond acceptors (Lipinski definition) is 6. The normalized spacial score (nSPS) is 24.0. The van der Waals surface area contributed by atoms with Crippen LogP contribution in [0.3, 0.4) is 0 Å². The number of aliphatic hydroxyl groups excluding tert-OH is 1. The van der Waals surface area contributed by atoms with Gasteiger partial charge in [-0.15, -0.1) is 0 Å². The van der Waals surface area contributed by atoms with Crippen LogP contribution in [0, 0.1) is 0 Å². The highest BCUT2D eigenvalue weighted by Gasteiger charge is 2.46. The van der Waals surface area contributed by atoms with Crippen molar-refractivity contribution in [2.24, 2.45) is 0 Å². The van der Waals surface area contributed by atoms with Crippen molar-refractivity contribution in [2.75, 3.05) is 32.7 Å². The minimum atomic E-state index is -0.451. The summed E-state index contributed by atoms with van der Waals surface area (Å²) in [6, 6.07) is 13.7. The van der Waals surface area contributed by atoms with Gasteiger partial charge < -0.3 is 29.5 Å². The molecule has 1 amide bonds. The minimum absolute atomic E-state index is 0.0721. The van der Waals surface area contributed by atoms with Gasteiger partial charge in [0, 0.05) is 37.8 Å². The monoisotopic (exact) mass is 426 g/mol. The smallest absolute Gasteiger partial charge is 0.222 e. The first-order valence-electron chi connectivity index (χ1n) is 10.6. The summed E-state index contributed by atoms with van der Waals surface area (Å²) in [6.45, 7) is 0.308. The van der Waals surface area contributed by atoms with E-state index in [9.17, 15) is 9.90 Å². The van der Waals surface area contributed by atoms with Crippen LogP contribution in [-0.4, -0.2) is 57.1 Å². The van der Waals surface area contributed by atoms with Gasteiger partial charge in [0.15, 0.2) is 0 Å². The second-order valence-electron chi connectivity index (χ2n) is 8.35. The summed E-state index contributed by atoms with van der Waals surface area (Å²) in [6.07, 6.45) is -0.0178. The Balaban J connectivity index is 1.40. The Kier molecular flexibility index (Phi) is 6.34. The van der Waals surface area contributed by atoms with Gasteiger partial charge in [0.25, 0.3) is 0 Å². The molecule has 2 aromatic carbocycles. The van der Waals surface area contributed by atoms with Crippen molar-refractivity contribution in [2.45, 2.75) is 43.6 Å². The van der Waals surface area contributed by atoms with E-state index in [0.717, 1.165) is 28.3 Å². The van der Waals surface area contributed by atoms with Crippen molar-refractivity contribution >= 4 is 11.6 Å². The molecule has 2 heterocycles. The Labute approximate surface area is 182 Å². The minimum Gasteiger partial charge on any atom is -0.497 e. The van der Waals surface area contributed by atoms with Crippen molar-refractivity contribution in [1.29, 1.82) is 0 Å². The van der Waals surface area contributed by atoms with Crippen molar-refractivity contribution in [3.05, 3.63) is 53.6 Å². The number of rotatable bonds is 7. The number of benzene rings is 2. The lowest BCUT2D eigenvalue weighted by atomic mass is 9.84. The third-order valence-corrected chi connectivity index (χ3v) is 6.06. The fraction of sp³-hybridized carbons (Fsp3) is 0.458. The average molecular weight is 427 g/mol. The zero-order chi connectivity index (χ0) is 22.0. The first-order valence-corrected chi connectivity index (χ1v) is 10.6. The van der Waals surface area contributed by atoms with E-state index in [2.05, 4.69) is 16.3 Å². The number of amides is 1. The predicted octanol–water partition coefficient (Wildman–Crippen LogP) is 2.46. The zero-order valence-corrected chi connectivity index (χ0v) is 18.2. The number of ether oxygens (including phenoxy) is 3. The molecule has 0 spiro atoms. The first-order chi connectivity index (χ1) is 15.0. The molecule has 31 heavy (non-hydrogen) atoms. The highest BCUT2D eigenvalue weighted by Crippen LogP contribution is 2.47. The standard InChI is InChI=1S/C24H30N2O5/c1-26(2)16-6-9-21-19(10-16)20-11-18(30-22(14-27)24(20)31-21)12-23(28)25-13-15-4-7-17(29-3)8-5-15/h4-10,18,20,22,24,27H,11-14H2,1-3H3,(H,25,28)/t18-,20-,22+,24+/m0/s1. The van der Waals surface area contributed by atoms with Gasteiger partial charge >= 0.3 is 0 Å². The zero-order valence-electron chi connectivity index (χ0n) is 18.2. The van der Waals surface area contributed by atoms with E-state index in [4.69, 9.17) is 14.2 Å². The van der Waals surface area contributed by atoms with E-state index in [1.807, 2.05) is 50.5 Å². The molecule has 1 saturated heterocycles. The Bertz CT molecular complexity index is 915. The molecule has 0 bridgehead atoms. The molecule has 2 aliphatic heterocycles. The van der Waals surface area contributed by atoms with Gasteiger partial charge in [-0.1, -0.05) is 12.1 Å². The lowest BCUT2D eigenvalue weighted by molar-refractivity contribution is -0.142. The number of nitrogens with zero attached hydrogens (tertiary/aromatic N) is 1. The number of aliphatic hydroxyl groups is 1. The molecular weight excluding hydrogens is 396 g/mol. The predicted molar refractivity (Wildman–Crippen MR) is 118 cm³/mol.